The summed E-state index contributed by atoms with van der Waals surface area (Å²) in [4.78, 5) is 31.1. The molecule has 0 radical (unpaired) electrons. The number of nitrogens with zero attached hydrogens (tertiary/aromatic N) is 3. The van der Waals surface area contributed by atoms with Crippen LogP contribution in [0.4, 0.5) is 0 Å². The lowest BCUT2D eigenvalue weighted by atomic mass is 10.1. The Balaban J connectivity index is 1.81. The summed E-state index contributed by atoms with van der Waals surface area (Å²) in [5.74, 6) is 0.0484. The molecule has 29 heavy (non-hydrogen) atoms. The molecule has 1 amide bonds. The minimum atomic E-state index is 0.0484. The van der Waals surface area contributed by atoms with Crippen molar-refractivity contribution >= 4 is 16.9 Å². The minimum Gasteiger partial charge on any atom is -0.360 e. The van der Waals surface area contributed by atoms with Crippen molar-refractivity contribution in [2.75, 3.05) is 13.1 Å². The Kier molecular flexibility index (Phi) is 5.42. The van der Waals surface area contributed by atoms with Crippen LogP contribution in [0.15, 0.2) is 54.9 Å². The highest BCUT2D eigenvalue weighted by Gasteiger charge is 2.18. The Morgan fingerprint density at radius 3 is 1.97 bits per heavy atom. The van der Waals surface area contributed by atoms with Gasteiger partial charge in [-0.05, 0) is 55.3 Å². The van der Waals surface area contributed by atoms with Crippen LogP contribution in [0.2, 0.25) is 0 Å². The lowest BCUT2D eigenvalue weighted by Crippen LogP contribution is -2.32. The van der Waals surface area contributed by atoms with Crippen LogP contribution in [0.5, 0.6) is 0 Å². The second-order valence-corrected chi connectivity index (χ2v) is 7.08. The Bertz CT molecular complexity index is 1090. The summed E-state index contributed by atoms with van der Waals surface area (Å²) in [5.41, 5.74) is 5.46. The Morgan fingerprint density at radius 1 is 0.862 bits per heavy atom. The zero-order valence-electron chi connectivity index (χ0n) is 16.8. The summed E-state index contributed by atoms with van der Waals surface area (Å²) in [6.07, 6.45) is 5.62. The molecule has 6 heteroatoms. The van der Waals surface area contributed by atoms with E-state index < -0.39 is 0 Å². The van der Waals surface area contributed by atoms with Gasteiger partial charge in [-0.2, -0.15) is 0 Å². The van der Waals surface area contributed by atoms with E-state index >= 15 is 0 Å². The summed E-state index contributed by atoms with van der Waals surface area (Å²) in [6.45, 7) is 5.70. The molecule has 0 aliphatic rings. The van der Waals surface area contributed by atoms with E-state index in [1.165, 1.54) is 0 Å². The number of aromatic nitrogens is 4. The van der Waals surface area contributed by atoms with Gasteiger partial charge in [-0.25, -0.2) is 9.97 Å². The molecule has 0 aliphatic carbocycles. The average Bonchev–Trinajstić information content (AvgIpc) is 3.46. The lowest BCUT2D eigenvalue weighted by Gasteiger charge is -2.21. The number of H-pyrrole nitrogens is 2. The molecule has 0 saturated heterocycles. The highest BCUT2D eigenvalue weighted by molar-refractivity contribution is 5.98. The molecule has 0 unspecified atom stereocenters. The zero-order valence-corrected chi connectivity index (χ0v) is 16.8. The molecular formula is C23H25N5O. The molecular weight excluding hydrogens is 362 g/mol. The number of aromatic amines is 2. The first-order valence-electron chi connectivity index (χ1n) is 10.1. The zero-order chi connectivity index (χ0) is 20.2. The average molecular weight is 387 g/mol. The number of nitrogens with one attached hydrogen (secondary N) is 2. The fourth-order valence-corrected chi connectivity index (χ4v) is 3.56. The predicted molar refractivity (Wildman–Crippen MR) is 116 cm³/mol. The molecule has 4 aromatic rings. The van der Waals surface area contributed by atoms with Gasteiger partial charge in [0.05, 0.1) is 22.4 Å². The van der Waals surface area contributed by atoms with Crippen molar-refractivity contribution in [2.24, 2.45) is 0 Å². The van der Waals surface area contributed by atoms with Gasteiger partial charge in [-0.1, -0.05) is 13.8 Å². The van der Waals surface area contributed by atoms with E-state index in [0.29, 0.717) is 11.1 Å². The highest BCUT2D eigenvalue weighted by Crippen LogP contribution is 2.29. The minimum absolute atomic E-state index is 0.0484. The molecule has 0 saturated carbocycles. The van der Waals surface area contributed by atoms with Crippen molar-refractivity contribution in [3.05, 3.63) is 60.4 Å². The summed E-state index contributed by atoms with van der Waals surface area (Å²) >= 11 is 0. The molecule has 0 aliphatic heterocycles. The van der Waals surface area contributed by atoms with Gasteiger partial charge in [-0.3, -0.25) is 4.79 Å². The van der Waals surface area contributed by atoms with E-state index in [-0.39, 0.29) is 5.91 Å². The van der Waals surface area contributed by atoms with Crippen LogP contribution >= 0.6 is 0 Å². The maximum atomic E-state index is 13.0. The van der Waals surface area contributed by atoms with Gasteiger partial charge in [0, 0.05) is 31.0 Å². The predicted octanol–water partition coefficient (Wildman–Crippen LogP) is 4.88. The number of carbonyl (C=O) groups excluding carboxylic acids is 1. The molecule has 6 nitrogen and oxygen atoms in total. The molecule has 0 fully saturated rings. The molecule has 3 heterocycles. The first-order valence-corrected chi connectivity index (χ1v) is 10.1. The second-order valence-electron chi connectivity index (χ2n) is 7.08. The number of hydrogen-bond donors (Lipinski definition) is 2. The quantitative estimate of drug-likeness (QED) is 0.474. The Labute approximate surface area is 170 Å². The Morgan fingerprint density at radius 2 is 1.45 bits per heavy atom. The van der Waals surface area contributed by atoms with Crippen LogP contribution in [0.3, 0.4) is 0 Å². The Hall–Kier alpha value is -3.41. The largest absolute Gasteiger partial charge is 0.360 e. The van der Waals surface area contributed by atoms with Gasteiger partial charge in [0.25, 0.3) is 5.91 Å². The molecule has 0 spiro atoms. The van der Waals surface area contributed by atoms with Gasteiger partial charge in [0.1, 0.15) is 11.4 Å². The van der Waals surface area contributed by atoms with Crippen molar-refractivity contribution in [3.8, 4) is 22.8 Å². The molecule has 4 rings (SSSR count). The van der Waals surface area contributed by atoms with E-state index in [1.54, 1.807) is 0 Å². The molecule has 148 valence electrons. The number of benzene rings is 1. The van der Waals surface area contributed by atoms with Gasteiger partial charge in [0.15, 0.2) is 0 Å². The van der Waals surface area contributed by atoms with Gasteiger partial charge < -0.3 is 14.9 Å². The molecule has 0 atom stereocenters. The number of fused-ring (bicyclic) bond motifs is 1. The fourth-order valence-electron chi connectivity index (χ4n) is 3.56. The molecule has 0 bridgehead atoms. The third-order valence-electron chi connectivity index (χ3n) is 4.89. The van der Waals surface area contributed by atoms with Crippen molar-refractivity contribution in [1.29, 1.82) is 0 Å². The maximum absolute atomic E-state index is 13.0. The smallest absolute Gasteiger partial charge is 0.253 e. The first-order chi connectivity index (χ1) is 14.2. The summed E-state index contributed by atoms with van der Waals surface area (Å²) in [7, 11) is 0. The van der Waals surface area contributed by atoms with Gasteiger partial charge in [0.2, 0.25) is 0 Å². The van der Waals surface area contributed by atoms with Crippen LogP contribution in [0.1, 0.15) is 37.0 Å². The van der Waals surface area contributed by atoms with Crippen LogP contribution in [0.25, 0.3) is 33.8 Å². The standard InChI is InChI=1S/C23H25N5O/c1-3-13-28(14-4-2)23(29)16-9-10-17-20(15-16)27-22(19-8-6-12-25-19)21(26-17)18-7-5-11-24-18/h5-12,15,24-25H,3-4,13-14H2,1-2H3. The maximum Gasteiger partial charge on any atom is 0.253 e. The number of rotatable bonds is 7. The summed E-state index contributed by atoms with van der Waals surface area (Å²) < 4.78 is 0. The van der Waals surface area contributed by atoms with Gasteiger partial charge >= 0.3 is 0 Å². The fraction of sp³-hybridized carbons (Fsp3) is 0.261. The number of amides is 1. The SMILES string of the molecule is CCCN(CCC)C(=O)c1ccc2nc(-c3ccc[nH]3)c(-c3ccc[nH]3)nc2c1. The topological polar surface area (TPSA) is 77.7 Å². The van der Waals surface area contributed by atoms with Crippen LogP contribution < -0.4 is 0 Å². The lowest BCUT2D eigenvalue weighted by molar-refractivity contribution is 0.0755. The van der Waals surface area contributed by atoms with Crippen LogP contribution in [-0.2, 0) is 0 Å². The van der Waals surface area contributed by atoms with E-state index in [4.69, 9.17) is 9.97 Å². The third kappa shape index (κ3) is 3.78. The van der Waals surface area contributed by atoms with Crippen molar-refractivity contribution < 1.29 is 4.79 Å². The van der Waals surface area contributed by atoms with E-state index in [2.05, 4.69) is 23.8 Å². The van der Waals surface area contributed by atoms with E-state index in [0.717, 1.165) is 54.2 Å². The number of carbonyl (C=O) groups is 1. The van der Waals surface area contributed by atoms with Crippen molar-refractivity contribution in [3.63, 3.8) is 0 Å². The van der Waals surface area contributed by atoms with Crippen molar-refractivity contribution in [2.45, 2.75) is 26.7 Å². The number of hydrogen-bond acceptors (Lipinski definition) is 3. The molecule has 1 aromatic carbocycles. The van der Waals surface area contributed by atoms with Crippen molar-refractivity contribution in [1.82, 2.24) is 24.8 Å². The van der Waals surface area contributed by atoms with Gasteiger partial charge in [-0.15, -0.1) is 0 Å². The third-order valence-corrected chi connectivity index (χ3v) is 4.89. The summed E-state index contributed by atoms with van der Waals surface area (Å²) in [5, 5.41) is 0. The monoisotopic (exact) mass is 387 g/mol. The van der Waals surface area contributed by atoms with E-state index in [1.807, 2.05) is 59.8 Å². The van der Waals surface area contributed by atoms with E-state index in [9.17, 15) is 4.79 Å². The van der Waals surface area contributed by atoms with Crippen LogP contribution in [-0.4, -0.2) is 43.8 Å². The second kappa shape index (κ2) is 8.31. The summed E-state index contributed by atoms with van der Waals surface area (Å²) in [6, 6.07) is 13.4. The molecule has 3 aromatic heterocycles. The normalized spacial score (nSPS) is 11.1. The highest BCUT2D eigenvalue weighted by atomic mass is 16.2. The van der Waals surface area contributed by atoms with Crippen LogP contribution in [0, 0.1) is 0 Å². The molecule has 2 N–H and O–H groups in total. The first kappa shape index (κ1) is 18.9.